The van der Waals surface area contributed by atoms with E-state index in [0.29, 0.717) is 25.4 Å². The first-order chi connectivity index (χ1) is 10.2. The van der Waals surface area contributed by atoms with Gasteiger partial charge in [0.25, 0.3) is 0 Å². The number of aliphatic hydroxyl groups excluding tert-OH is 1. The van der Waals surface area contributed by atoms with Crippen LogP contribution in [0.15, 0.2) is 0 Å². The Labute approximate surface area is 129 Å². The molecule has 2 N–H and O–H groups in total. The van der Waals surface area contributed by atoms with Crippen LogP contribution in [-0.2, 0) is 9.47 Å². The van der Waals surface area contributed by atoms with Gasteiger partial charge in [0.15, 0.2) is 0 Å². The summed E-state index contributed by atoms with van der Waals surface area (Å²) in [5.74, 6) is 0.844. The van der Waals surface area contributed by atoms with Gasteiger partial charge in [-0.15, -0.1) is 0 Å². The fourth-order valence-corrected chi connectivity index (χ4v) is 3.32. The summed E-state index contributed by atoms with van der Waals surface area (Å²) < 4.78 is 11.6. The summed E-state index contributed by atoms with van der Waals surface area (Å²) >= 11 is 0. The number of rotatable bonds is 9. The second-order valence-electron chi connectivity index (χ2n) is 6.85. The maximum atomic E-state index is 9.91. The third-order valence-corrected chi connectivity index (χ3v) is 4.80. The highest BCUT2D eigenvalue weighted by Crippen LogP contribution is 2.25. The molecule has 0 saturated heterocycles. The van der Waals surface area contributed by atoms with E-state index in [1.807, 2.05) is 0 Å². The van der Waals surface area contributed by atoms with Crippen LogP contribution >= 0.6 is 0 Å². The Morgan fingerprint density at radius 2 is 1.67 bits per heavy atom. The summed E-state index contributed by atoms with van der Waals surface area (Å²) in [5, 5.41) is 13.2. The maximum absolute atomic E-state index is 9.91. The summed E-state index contributed by atoms with van der Waals surface area (Å²) in [4.78, 5) is 0. The van der Waals surface area contributed by atoms with Crippen LogP contribution in [0.5, 0.6) is 0 Å². The lowest BCUT2D eigenvalue weighted by Gasteiger charge is -2.27. The molecule has 2 fully saturated rings. The molecule has 2 aliphatic carbocycles. The molecule has 0 amide bonds. The summed E-state index contributed by atoms with van der Waals surface area (Å²) in [5.41, 5.74) is 0. The van der Waals surface area contributed by atoms with Crippen LogP contribution in [0.1, 0.15) is 58.3 Å². The van der Waals surface area contributed by atoms with Crippen LogP contribution in [0.4, 0.5) is 0 Å². The molecule has 0 bridgehead atoms. The lowest BCUT2D eigenvalue weighted by atomic mass is 9.89. The van der Waals surface area contributed by atoms with E-state index in [0.717, 1.165) is 31.9 Å². The first-order valence-corrected chi connectivity index (χ1v) is 8.86. The van der Waals surface area contributed by atoms with Crippen LogP contribution < -0.4 is 5.32 Å². The molecular formula is C17H33NO3. The fourth-order valence-electron chi connectivity index (χ4n) is 3.32. The van der Waals surface area contributed by atoms with Crippen molar-refractivity contribution in [2.24, 2.45) is 5.92 Å². The van der Waals surface area contributed by atoms with E-state index in [4.69, 9.17) is 9.47 Å². The quantitative estimate of drug-likeness (QED) is 0.642. The van der Waals surface area contributed by atoms with Crippen LogP contribution in [0.25, 0.3) is 0 Å². The Hall–Kier alpha value is -0.160. The maximum Gasteiger partial charge on any atom is 0.0897 e. The number of hydrogen-bond donors (Lipinski definition) is 2. The molecule has 2 saturated carbocycles. The van der Waals surface area contributed by atoms with Crippen LogP contribution in [0.3, 0.4) is 0 Å². The van der Waals surface area contributed by atoms with Crippen molar-refractivity contribution in [3.05, 3.63) is 0 Å². The molecular weight excluding hydrogens is 266 g/mol. The molecule has 2 rings (SSSR count). The van der Waals surface area contributed by atoms with Gasteiger partial charge in [-0.1, -0.05) is 19.8 Å². The standard InChI is InChI=1S/C17H33NO3/c1-14-6-8-17(9-7-14)21-13-15(19)12-18-10-11-20-16-4-2-3-5-16/h14-19H,2-13H2,1H3. The average Bonchev–Trinajstić information content (AvgIpc) is 2.99. The zero-order valence-corrected chi connectivity index (χ0v) is 13.6. The van der Waals surface area contributed by atoms with E-state index in [1.165, 1.54) is 38.5 Å². The minimum atomic E-state index is -0.407. The monoisotopic (exact) mass is 299 g/mol. The lowest BCUT2D eigenvalue weighted by molar-refractivity contribution is -0.0284. The average molecular weight is 299 g/mol. The molecule has 1 unspecified atom stereocenters. The van der Waals surface area contributed by atoms with Crippen molar-refractivity contribution in [3.63, 3.8) is 0 Å². The molecule has 0 radical (unpaired) electrons. The van der Waals surface area contributed by atoms with Crippen LogP contribution in [0, 0.1) is 5.92 Å². The summed E-state index contributed by atoms with van der Waals surface area (Å²) in [7, 11) is 0. The van der Waals surface area contributed by atoms with E-state index >= 15 is 0 Å². The minimum absolute atomic E-state index is 0.363. The molecule has 0 aromatic heterocycles. The molecule has 21 heavy (non-hydrogen) atoms. The van der Waals surface area contributed by atoms with E-state index in [2.05, 4.69) is 12.2 Å². The topological polar surface area (TPSA) is 50.7 Å². The highest BCUT2D eigenvalue weighted by atomic mass is 16.5. The predicted octanol–water partition coefficient (Wildman–Crippen LogP) is 2.49. The minimum Gasteiger partial charge on any atom is -0.389 e. The molecule has 0 aromatic carbocycles. The Kier molecular flexibility index (Phi) is 8.01. The molecule has 1 atom stereocenters. The number of aliphatic hydroxyl groups is 1. The highest BCUT2D eigenvalue weighted by molar-refractivity contribution is 4.71. The van der Waals surface area contributed by atoms with Gasteiger partial charge >= 0.3 is 0 Å². The zero-order chi connectivity index (χ0) is 14.9. The second-order valence-corrected chi connectivity index (χ2v) is 6.85. The van der Waals surface area contributed by atoms with Gasteiger partial charge in [-0.2, -0.15) is 0 Å². The normalized spacial score (nSPS) is 28.9. The van der Waals surface area contributed by atoms with Crippen molar-refractivity contribution in [2.45, 2.75) is 76.6 Å². The zero-order valence-electron chi connectivity index (χ0n) is 13.6. The van der Waals surface area contributed by atoms with E-state index in [9.17, 15) is 5.11 Å². The Balaban J connectivity index is 1.41. The number of hydrogen-bond acceptors (Lipinski definition) is 4. The van der Waals surface area contributed by atoms with E-state index in [-0.39, 0.29) is 0 Å². The van der Waals surface area contributed by atoms with Gasteiger partial charge in [0.05, 0.1) is 31.5 Å². The Morgan fingerprint density at radius 3 is 2.38 bits per heavy atom. The molecule has 4 nitrogen and oxygen atoms in total. The van der Waals surface area contributed by atoms with Crippen LogP contribution in [-0.4, -0.2) is 49.7 Å². The first-order valence-electron chi connectivity index (χ1n) is 8.86. The van der Waals surface area contributed by atoms with Gasteiger partial charge in [-0.25, -0.2) is 0 Å². The summed E-state index contributed by atoms with van der Waals surface area (Å²) in [6.45, 7) is 4.92. The van der Waals surface area contributed by atoms with Crippen molar-refractivity contribution in [1.82, 2.24) is 5.32 Å². The largest absolute Gasteiger partial charge is 0.389 e. The molecule has 0 aromatic rings. The molecule has 2 aliphatic rings. The second kappa shape index (κ2) is 9.78. The van der Waals surface area contributed by atoms with E-state index in [1.54, 1.807) is 0 Å². The molecule has 124 valence electrons. The van der Waals surface area contributed by atoms with Gasteiger partial charge in [0.1, 0.15) is 0 Å². The van der Waals surface area contributed by atoms with E-state index < -0.39 is 6.10 Å². The van der Waals surface area contributed by atoms with Crippen molar-refractivity contribution in [3.8, 4) is 0 Å². The molecule has 4 heteroatoms. The van der Waals surface area contributed by atoms with Crippen molar-refractivity contribution >= 4 is 0 Å². The third kappa shape index (κ3) is 7.09. The van der Waals surface area contributed by atoms with Crippen LogP contribution in [0.2, 0.25) is 0 Å². The Morgan fingerprint density at radius 1 is 1.00 bits per heavy atom. The molecule has 0 spiro atoms. The predicted molar refractivity (Wildman–Crippen MR) is 84.5 cm³/mol. The lowest BCUT2D eigenvalue weighted by Crippen LogP contribution is -2.34. The molecule has 0 aliphatic heterocycles. The van der Waals surface area contributed by atoms with Gasteiger partial charge in [0, 0.05) is 13.1 Å². The van der Waals surface area contributed by atoms with Gasteiger partial charge in [-0.05, 0) is 44.4 Å². The third-order valence-electron chi connectivity index (χ3n) is 4.80. The first kappa shape index (κ1) is 17.2. The summed E-state index contributed by atoms with van der Waals surface area (Å²) in [6.07, 6.45) is 10.3. The Bertz CT molecular complexity index is 261. The van der Waals surface area contributed by atoms with Crippen molar-refractivity contribution in [2.75, 3.05) is 26.3 Å². The number of nitrogens with one attached hydrogen (secondary N) is 1. The summed E-state index contributed by atoms with van der Waals surface area (Å²) in [6, 6.07) is 0. The van der Waals surface area contributed by atoms with Gasteiger partial charge in [0.2, 0.25) is 0 Å². The highest BCUT2D eigenvalue weighted by Gasteiger charge is 2.19. The van der Waals surface area contributed by atoms with Crippen molar-refractivity contribution < 1.29 is 14.6 Å². The molecule has 0 heterocycles. The van der Waals surface area contributed by atoms with Gasteiger partial charge < -0.3 is 19.9 Å². The number of ether oxygens (including phenoxy) is 2. The smallest absolute Gasteiger partial charge is 0.0897 e. The van der Waals surface area contributed by atoms with Gasteiger partial charge in [-0.3, -0.25) is 0 Å². The fraction of sp³-hybridized carbons (Fsp3) is 1.00. The van der Waals surface area contributed by atoms with Crippen molar-refractivity contribution in [1.29, 1.82) is 0 Å². The SMILES string of the molecule is CC1CCC(OCC(O)CNCCOC2CCCC2)CC1.